The van der Waals surface area contributed by atoms with Crippen LogP contribution in [0.2, 0.25) is 0 Å². The van der Waals surface area contributed by atoms with Gasteiger partial charge in [0, 0.05) is 24.2 Å². The first-order chi connectivity index (χ1) is 16.9. The summed E-state index contributed by atoms with van der Waals surface area (Å²) >= 11 is 0. The molecule has 7 nitrogen and oxygen atoms in total. The van der Waals surface area contributed by atoms with Crippen molar-refractivity contribution in [1.82, 2.24) is 5.32 Å². The summed E-state index contributed by atoms with van der Waals surface area (Å²) in [4.78, 5) is 35.4. The molecule has 1 aliphatic carbocycles. The van der Waals surface area contributed by atoms with Crippen LogP contribution in [0.1, 0.15) is 29.5 Å². The van der Waals surface area contributed by atoms with E-state index in [9.17, 15) is 14.4 Å². The van der Waals surface area contributed by atoms with Crippen LogP contribution >= 0.6 is 0 Å². The summed E-state index contributed by atoms with van der Waals surface area (Å²) in [5, 5.41) is 14.1. The van der Waals surface area contributed by atoms with Gasteiger partial charge in [-0.2, -0.15) is 0 Å². The second kappa shape index (κ2) is 10.7. The standard InChI is InChI=1S/C28H26N2O5/c1-18(27(33)30-20-13-10-19(11-14-20)12-15-26(31)32)16-29-28(34)35-17-25-23-8-4-2-6-21(23)22-7-3-5-9-24(22)25/h2-15,18,25H,16-17H2,1H3,(H,29,34)(H,30,33)(H,31,32)/b15-12+. The summed E-state index contributed by atoms with van der Waals surface area (Å²) in [6, 6.07) is 23.0. The maximum atomic E-state index is 12.5. The molecule has 1 atom stereocenters. The number of ether oxygens (including phenoxy) is 1. The minimum absolute atomic E-state index is 0.0258. The molecule has 0 bridgehead atoms. The van der Waals surface area contributed by atoms with E-state index in [4.69, 9.17) is 9.84 Å². The number of rotatable bonds is 8. The van der Waals surface area contributed by atoms with Crippen molar-refractivity contribution >= 4 is 29.7 Å². The molecule has 7 heteroatoms. The zero-order chi connectivity index (χ0) is 24.8. The Bertz CT molecular complexity index is 1220. The van der Waals surface area contributed by atoms with E-state index in [1.165, 1.54) is 6.08 Å². The van der Waals surface area contributed by atoms with E-state index in [2.05, 4.69) is 34.9 Å². The number of carbonyl (C=O) groups is 3. The number of carboxylic acids is 1. The Balaban J connectivity index is 1.26. The molecule has 178 valence electrons. The summed E-state index contributed by atoms with van der Waals surface area (Å²) in [6.07, 6.45) is 1.94. The van der Waals surface area contributed by atoms with Crippen LogP contribution in [-0.2, 0) is 14.3 Å². The molecular weight excluding hydrogens is 444 g/mol. The van der Waals surface area contributed by atoms with Gasteiger partial charge < -0.3 is 20.5 Å². The molecule has 35 heavy (non-hydrogen) atoms. The van der Waals surface area contributed by atoms with E-state index in [-0.39, 0.29) is 25.0 Å². The van der Waals surface area contributed by atoms with E-state index in [1.54, 1.807) is 31.2 Å². The van der Waals surface area contributed by atoms with Gasteiger partial charge in [-0.15, -0.1) is 0 Å². The molecule has 0 aromatic heterocycles. The van der Waals surface area contributed by atoms with Gasteiger partial charge in [0.1, 0.15) is 6.61 Å². The highest BCUT2D eigenvalue weighted by atomic mass is 16.5. The highest BCUT2D eigenvalue weighted by molar-refractivity contribution is 5.93. The number of fused-ring (bicyclic) bond motifs is 3. The lowest BCUT2D eigenvalue weighted by Crippen LogP contribution is -2.35. The van der Waals surface area contributed by atoms with Crippen molar-refractivity contribution in [2.45, 2.75) is 12.8 Å². The molecule has 1 aliphatic rings. The van der Waals surface area contributed by atoms with Gasteiger partial charge in [-0.25, -0.2) is 9.59 Å². The molecule has 3 aromatic rings. The lowest BCUT2D eigenvalue weighted by Gasteiger charge is -2.16. The summed E-state index contributed by atoms with van der Waals surface area (Å²) in [5.74, 6) is -1.79. The summed E-state index contributed by atoms with van der Waals surface area (Å²) < 4.78 is 5.51. The van der Waals surface area contributed by atoms with Gasteiger partial charge in [-0.05, 0) is 46.0 Å². The van der Waals surface area contributed by atoms with E-state index < -0.39 is 18.0 Å². The number of hydrogen-bond acceptors (Lipinski definition) is 4. The molecule has 2 amide bonds. The predicted molar refractivity (Wildman–Crippen MR) is 134 cm³/mol. The summed E-state index contributed by atoms with van der Waals surface area (Å²) in [5.41, 5.74) is 5.88. The maximum Gasteiger partial charge on any atom is 0.407 e. The number of hydrogen-bond donors (Lipinski definition) is 3. The lowest BCUT2D eigenvalue weighted by molar-refractivity contribution is -0.131. The monoisotopic (exact) mass is 470 g/mol. The largest absolute Gasteiger partial charge is 0.478 e. The number of anilines is 1. The van der Waals surface area contributed by atoms with E-state index in [0.29, 0.717) is 11.3 Å². The first kappa shape index (κ1) is 23.8. The van der Waals surface area contributed by atoms with Crippen molar-refractivity contribution in [3.05, 3.63) is 95.6 Å². The van der Waals surface area contributed by atoms with Crippen molar-refractivity contribution in [1.29, 1.82) is 0 Å². The van der Waals surface area contributed by atoms with Crippen molar-refractivity contribution in [3.8, 4) is 11.1 Å². The Morgan fingerprint density at radius 1 is 0.943 bits per heavy atom. The normalized spacial score (nSPS) is 13.1. The minimum atomic E-state index is -1.03. The molecule has 3 N–H and O–H groups in total. The Labute approximate surface area is 203 Å². The molecule has 1 unspecified atom stereocenters. The minimum Gasteiger partial charge on any atom is -0.478 e. The average molecular weight is 471 g/mol. The number of carboxylic acid groups (broad SMARTS) is 1. The van der Waals surface area contributed by atoms with Crippen LogP contribution in [0.5, 0.6) is 0 Å². The first-order valence-electron chi connectivity index (χ1n) is 11.3. The molecule has 0 saturated carbocycles. The molecule has 0 fully saturated rings. The molecule has 0 radical (unpaired) electrons. The van der Waals surface area contributed by atoms with Crippen molar-refractivity contribution in [3.63, 3.8) is 0 Å². The highest BCUT2D eigenvalue weighted by Gasteiger charge is 2.29. The fourth-order valence-corrected chi connectivity index (χ4v) is 4.09. The van der Waals surface area contributed by atoms with Crippen molar-refractivity contribution < 1.29 is 24.2 Å². The topological polar surface area (TPSA) is 105 Å². The molecule has 0 saturated heterocycles. The lowest BCUT2D eigenvalue weighted by atomic mass is 9.98. The summed E-state index contributed by atoms with van der Waals surface area (Å²) in [7, 11) is 0. The van der Waals surface area contributed by atoms with Crippen molar-refractivity contribution in [2.24, 2.45) is 5.92 Å². The molecular formula is C28H26N2O5. The Hall–Kier alpha value is -4.39. The van der Waals surface area contributed by atoms with Crippen molar-refractivity contribution in [2.75, 3.05) is 18.5 Å². The fraction of sp³-hybridized carbons (Fsp3) is 0.179. The third kappa shape index (κ3) is 5.76. The van der Waals surface area contributed by atoms with Crippen LogP contribution in [0.3, 0.4) is 0 Å². The average Bonchev–Trinajstić information content (AvgIpc) is 3.19. The number of carbonyl (C=O) groups excluding carboxylic acids is 2. The SMILES string of the molecule is CC(CNC(=O)OCC1c2ccccc2-c2ccccc21)C(=O)Nc1ccc(/C=C/C(=O)O)cc1. The maximum absolute atomic E-state index is 12.5. The van der Waals surface area contributed by atoms with Crippen LogP contribution < -0.4 is 10.6 Å². The van der Waals surface area contributed by atoms with Gasteiger partial charge in [-0.1, -0.05) is 67.6 Å². The van der Waals surface area contributed by atoms with Crippen LogP contribution in [0.4, 0.5) is 10.5 Å². The van der Waals surface area contributed by atoms with Gasteiger partial charge in [0.05, 0.1) is 5.92 Å². The van der Waals surface area contributed by atoms with E-state index >= 15 is 0 Å². The number of benzene rings is 3. The molecule has 4 rings (SSSR count). The number of aliphatic carboxylic acids is 1. The van der Waals surface area contributed by atoms with Crippen LogP contribution in [0, 0.1) is 5.92 Å². The quantitative estimate of drug-likeness (QED) is 0.406. The molecule has 3 aromatic carbocycles. The Kier molecular flexibility index (Phi) is 7.26. The van der Waals surface area contributed by atoms with Gasteiger partial charge in [0.25, 0.3) is 0 Å². The highest BCUT2D eigenvalue weighted by Crippen LogP contribution is 2.44. The molecule has 0 heterocycles. The number of amides is 2. The van der Waals surface area contributed by atoms with Crippen LogP contribution in [0.15, 0.2) is 78.9 Å². The Morgan fingerprint density at radius 3 is 2.14 bits per heavy atom. The predicted octanol–water partition coefficient (Wildman–Crippen LogP) is 4.90. The van der Waals surface area contributed by atoms with Gasteiger partial charge >= 0.3 is 12.1 Å². The van der Waals surface area contributed by atoms with Gasteiger partial charge in [-0.3, -0.25) is 4.79 Å². The fourth-order valence-electron chi connectivity index (χ4n) is 4.09. The van der Waals surface area contributed by atoms with Gasteiger partial charge in [0.15, 0.2) is 0 Å². The van der Waals surface area contributed by atoms with E-state index in [0.717, 1.165) is 28.3 Å². The number of nitrogens with one attached hydrogen (secondary N) is 2. The summed E-state index contributed by atoms with van der Waals surface area (Å²) in [6.45, 7) is 2.05. The third-order valence-electron chi connectivity index (χ3n) is 5.94. The van der Waals surface area contributed by atoms with Crippen LogP contribution in [-0.4, -0.2) is 36.2 Å². The first-order valence-corrected chi connectivity index (χ1v) is 11.3. The van der Waals surface area contributed by atoms with Crippen LogP contribution in [0.25, 0.3) is 17.2 Å². The second-order valence-corrected chi connectivity index (χ2v) is 8.39. The zero-order valence-electron chi connectivity index (χ0n) is 19.2. The number of alkyl carbamates (subject to hydrolysis) is 1. The van der Waals surface area contributed by atoms with E-state index in [1.807, 2.05) is 24.3 Å². The smallest absolute Gasteiger partial charge is 0.407 e. The third-order valence-corrected chi connectivity index (χ3v) is 5.94. The van der Waals surface area contributed by atoms with Gasteiger partial charge in [0.2, 0.25) is 5.91 Å². The Morgan fingerprint density at radius 2 is 1.54 bits per heavy atom. The molecule has 0 spiro atoms. The molecule has 0 aliphatic heterocycles. The second-order valence-electron chi connectivity index (χ2n) is 8.39. The zero-order valence-corrected chi connectivity index (χ0v) is 19.2.